The van der Waals surface area contributed by atoms with Crippen molar-refractivity contribution >= 4 is 23.2 Å². The number of carbonyl (C=O) groups is 1. The number of hydrazine groups is 1. The fourth-order valence-electron chi connectivity index (χ4n) is 1.65. The second-order valence-corrected chi connectivity index (χ2v) is 5.45. The number of benzene rings is 1. The maximum absolute atomic E-state index is 12.7. The summed E-state index contributed by atoms with van der Waals surface area (Å²) in [6.07, 6.45) is 1.16. The van der Waals surface area contributed by atoms with Gasteiger partial charge in [0.05, 0.1) is 27.1 Å². The molecule has 0 aliphatic rings. The molecule has 7 heteroatoms. The topological polar surface area (TPSA) is 57.6 Å². The molecule has 0 saturated carbocycles. The van der Waals surface area contributed by atoms with Gasteiger partial charge in [0.1, 0.15) is 5.82 Å². The van der Waals surface area contributed by atoms with E-state index in [0.717, 1.165) is 25.1 Å². The first-order valence-corrected chi connectivity index (χ1v) is 7.24. The van der Waals surface area contributed by atoms with Crippen LogP contribution in [0.25, 0.3) is 0 Å². The Morgan fingerprint density at radius 1 is 1.24 bits per heavy atom. The highest BCUT2D eigenvalue weighted by atomic mass is 32.1. The summed E-state index contributed by atoms with van der Waals surface area (Å²) in [7, 11) is 4.18. The number of hydrogen-bond donors (Lipinski definition) is 4. The minimum atomic E-state index is -0.317. The van der Waals surface area contributed by atoms with E-state index in [9.17, 15) is 9.18 Å². The third-order valence-electron chi connectivity index (χ3n) is 2.73. The number of quaternary nitrogens is 1. The van der Waals surface area contributed by atoms with E-state index in [4.69, 9.17) is 12.2 Å². The molecule has 0 saturated heterocycles. The van der Waals surface area contributed by atoms with Crippen LogP contribution in [0.5, 0.6) is 0 Å². The highest BCUT2D eigenvalue weighted by Gasteiger charge is 2.04. The summed E-state index contributed by atoms with van der Waals surface area (Å²) in [6.45, 7) is 1.80. The molecule has 0 radical (unpaired) electrons. The van der Waals surface area contributed by atoms with Crippen LogP contribution in [-0.2, 0) is 11.2 Å². The molecular weight excluding hydrogens is 291 g/mol. The summed E-state index contributed by atoms with van der Waals surface area (Å²) in [5.41, 5.74) is 5.89. The summed E-state index contributed by atoms with van der Waals surface area (Å²) in [6, 6.07) is 5.81. The third kappa shape index (κ3) is 8.21. The van der Waals surface area contributed by atoms with E-state index in [1.54, 1.807) is 12.1 Å². The standard InChI is InChI=1S/C14H21FN4OS/c1-19(2)9-3-8-16-14(21)18-17-13(20)10-11-4-6-12(15)7-5-11/h4-7H,3,8-10H2,1-2H3,(H,17,20)(H2,16,18,21)/p+1. The van der Waals surface area contributed by atoms with Gasteiger partial charge in [-0.15, -0.1) is 0 Å². The predicted molar refractivity (Wildman–Crippen MR) is 84.3 cm³/mol. The number of nitrogens with one attached hydrogen (secondary N) is 4. The van der Waals surface area contributed by atoms with E-state index in [1.807, 2.05) is 0 Å². The van der Waals surface area contributed by atoms with Crippen molar-refractivity contribution in [3.63, 3.8) is 0 Å². The maximum Gasteiger partial charge on any atom is 0.242 e. The summed E-state index contributed by atoms with van der Waals surface area (Å²) < 4.78 is 12.7. The molecule has 0 unspecified atom stereocenters. The Hall–Kier alpha value is -1.73. The van der Waals surface area contributed by atoms with E-state index < -0.39 is 0 Å². The molecule has 0 aliphatic heterocycles. The molecule has 0 heterocycles. The Labute approximate surface area is 129 Å². The normalized spacial score (nSPS) is 10.3. The van der Waals surface area contributed by atoms with E-state index >= 15 is 0 Å². The molecule has 5 nitrogen and oxygen atoms in total. The van der Waals surface area contributed by atoms with Crippen LogP contribution < -0.4 is 21.1 Å². The zero-order chi connectivity index (χ0) is 15.7. The molecule has 0 spiro atoms. The summed E-state index contributed by atoms with van der Waals surface area (Å²) in [5.74, 6) is -0.550. The number of amides is 1. The van der Waals surface area contributed by atoms with E-state index in [1.165, 1.54) is 17.0 Å². The zero-order valence-electron chi connectivity index (χ0n) is 12.3. The number of rotatable bonds is 6. The molecule has 116 valence electrons. The van der Waals surface area contributed by atoms with E-state index in [2.05, 4.69) is 30.3 Å². The summed E-state index contributed by atoms with van der Waals surface area (Å²) >= 11 is 5.04. The second-order valence-electron chi connectivity index (χ2n) is 5.04. The minimum absolute atomic E-state index is 0.167. The van der Waals surface area contributed by atoms with Crippen LogP contribution in [0.4, 0.5) is 4.39 Å². The van der Waals surface area contributed by atoms with Gasteiger partial charge in [-0.2, -0.15) is 0 Å². The molecule has 0 bridgehead atoms. The van der Waals surface area contributed by atoms with Crippen molar-refractivity contribution in [1.82, 2.24) is 16.2 Å². The fraction of sp³-hybridized carbons (Fsp3) is 0.429. The lowest BCUT2D eigenvalue weighted by atomic mass is 10.1. The van der Waals surface area contributed by atoms with Crippen LogP contribution in [0.2, 0.25) is 0 Å². The van der Waals surface area contributed by atoms with Gasteiger partial charge >= 0.3 is 0 Å². The second kappa shape index (κ2) is 9.25. The maximum atomic E-state index is 12.7. The van der Waals surface area contributed by atoms with Gasteiger partial charge in [0.15, 0.2) is 5.11 Å². The Balaban J connectivity index is 2.17. The molecule has 1 amide bonds. The Bertz CT molecular complexity index is 465. The van der Waals surface area contributed by atoms with Crippen LogP contribution in [0.15, 0.2) is 24.3 Å². The van der Waals surface area contributed by atoms with Crippen molar-refractivity contribution in [3.8, 4) is 0 Å². The molecule has 1 aromatic carbocycles. The lowest BCUT2D eigenvalue weighted by Crippen LogP contribution is -3.05. The fourth-order valence-corrected chi connectivity index (χ4v) is 1.80. The van der Waals surface area contributed by atoms with Crippen molar-refractivity contribution in [2.75, 3.05) is 27.2 Å². The molecule has 0 aliphatic carbocycles. The molecule has 0 fully saturated rings. The summed E-state index contributed by atoms with van der Waals surface area (Å²) in [5, 5.41) is 3.39. The van der Waals surface area contributed by atoms with Crippen molar-refractivity contribution in [1.29, 1.82) is 0 Å². The molecule has 0 aromatic heterocycles. The SMILES string of the molecule is C[NH+](C)CCCNC(=S)NNC(=O)Cc1ccc(F)cc1. The lowest BCUT2D eigenvalue weighted by molar-refractivity contribution is -0.858. The quantitative estimate of drug-likeness (QED) is 0.322. The van der Waals surface area contributed by atoms with Crippen LogP contribution in [0.1, 0.15) is 12.0 Å². The van der Waals surface area contributed by atoms with Crippen LogP contribution in [-0.4, -0.2) is 38.2 Å². The highest BCUT2D eigenvalue weighted by molar-refractivity contribution is 7.80. The van der Waals surface area contributed by atoms with Crippen molar-refractivity contribution in [2.24, 2.45) is 0 Å². The van der Waals surface area contributed by atoms with Gasteiger partial charge < -0.3 is 10.2 Å². The van der Waals surface area contributed by atoms with Crippen molar-refractivity contribution in [2.45, 2.75) is 12.8 Å². The molecule has 4 N–H and O–H groups in total. The lowest BCUT2D eigenvalue weighted by Gasteiger charge is -2.12. The van der Waals surface area contributed by atoms with E-state index in [0.29, 0.717) is 5.11 Å². The van der Waals surface area contributed by atoms with Crippen LogP contribution in [0, 0.1) is 5.82 Å². The first-order valence-electron chi connectivity index (χ1n) is 6.83. The monoisotopic (exact) mass is 313 g/mol. The molecule has 1 rings (SSSR count). The van der Waals surface area contributed by atoms with Gasteiger partial charge in [0, 0.05) is 13.0 Å². The molecule has 1 aromatic rings. The number of thiocarbonyl (C=S) groups is 1. The predicted octanol–water partition coefficient (Wildman–Crippen LogP) is -0.602. The van der Waals surface area contributed by atoms with Crippen LogP contribution in [0.3, 0.4) is 0 Å². The molecule has 0 atom stereocenters. The minimum Gasteiger partial charge on any atom is -0.361 e. The van der Waals surface area contributed by atoms with Crippen LogP contribution >= 0.6 is 12.2 Å². The van der Waals surface area contributed by atoms with Gasteiger partial charge in [-0.3, -0.25) is 15.6 Å². The van der Waals surface area contributed by atoms with Gasteiger partial charge in [-0.05, 0) is 29.9 Å². The Kier molecular flexibility index (Phi) is 7.63. The largest absolute Gasteiger partial charge is 0.361 e. The highest BCUT2D eigenvalue weighted by Crippen LogP contribution is 2.02. The average Bonchev–Trinajstić information content (AvgIpc) is 2.44. The molecule has 21 heavy (non-hydrogen) atoms. The average molecular weight is 313 g/mol. The Morgan fingerprint density at radius 3 is 2.52 bits per heavy atom. The smallest absolute Gasteiger partial charge is 0.242 e. The van der Waals surface area contributed by atoms with Crippen molar-refractivity contribution < 1.29 is 14.1 Å². The van der Waals surface area contributed by atoms with E-state index in [-0.39, 0.29) is 18.1 Å². The zero-order valence-corrected chi connectivity index (χ0v) is 13.1. The first-order chi connectivity index (χ1) is 9.97. The van der Waals surface area contributed by atoms with Gasteiger partial charge in [-0.1, -0.05) is 12.1 Å². The number of halogens is 1. The Morgan fingerprint density at radius 2 is 1.90 bits per heavy atom. The van der Waals surface area contributed by atoms with Crippen molar-refractivity contribution in [3.05, 3.63) is 35.6 Å². The van der Waals surface area contributed by atoms with Gasteiger partial charge in [0.2, 0.25) is 5.91 Å². The third-order valence-corrected chi connectivity index (χ3v) is 2.98. The number of carbonyl (C=O) groups excluding carboxylic acids is 1. The summed E-state index contributed by atoms with van der Waals surface area (Å²) in [4.78, 5) is 13.0. The number of hydrogen-bond acceptors (Lipinski definition) is 2. The molecular formula is C14H22FN4OS+. The first kappa shape index (κ1) is 17.3. The van der Waals surface area contributed by atoms with Gasteiger partial charge in [-0.25, -0.2) is 4.39 Å². The van der Waals surface area contributed by atoms with Gasteiger partial charge in [0.25, 0.3) is 0 Å².